The molecule has 0 N–H and O–H groups in total. The number of rotatable bonds is 5. The quantitative estimate of drug-likeness (QED) is 0.156. The van der Waals surface area contributed by atoms with Crippen LogP contribution in [0.3, 0.4) is 0 Å². The Hall–Kier alpha value is -8.00. The van der Waals surface area contributed by atoms with E-state index in [0.717, 1.165) is 0 Å². The zero-order valence-electron chi connectivity index (χ0n) is 38.4. The minimum atomic E-state index is -0.254. The zero-order valence-corrected chi connectivity index (χ0v) is 38.4. The molecule has 0 unspecified atom stereocenters. The van der Waals surface area contributed by atoms with Crippen molar-refractivity contribution in [2.24, 2.45) is 0 Å². The van der Waals surface area contributed by atoms with Crippen LogP contribution in [-0.4, -0.2) is 7.05 Å². The van der Waals surface area contributed by atoms with Gasteiger partial charge in [-0.1, -0.05) is 231 Å². The van der Waals surface area contributed by atoms with Gasteiger partial charge in [-0.25, -0.2) is 0 Å². The van der Waals surface area contributed by atoms with Crippen LogP contribution in [0, 0.1) is 0 Å². The van der Waals surface area contributed by atoms with Crippen LogP contribution < -0.4 is 4.90 Å². The summed E-state index contributed by atoms with van der Waals surface area (Å²) in [5.41, 5.74) is 18.9. The van der Waals surface area contributed by atoms with Crippen LogP contribution in [0.4, 0.5) is 11.4 Å². The van der Waals surface area contributed by atoms with Gasteiger partial charge < -0.3 is 4.90 Å². The summed E-state index contributed by atoms with van der Waals surface area (Å²) in [6, 6.07) is 89.3. The van der Waals surface area contributed by atoms with Crippen molar-refractivity contribution in [3.63, 3.8) is 0 Å². The predicted octanol–water partition coefficient (Wildman–Crippen LogP) is 17.5. The third kappa shape index (κ3) is 6.01. The average Bonchev–Trinajstić information content (AvgIpc) is 4.12. The van der Waals surface area contributed by atoms with E-state index in [1.54, 1.807) is 0 Å². The number of hydrogen-bond acceptors (Lipinski definition) is 1. The van der Waals surface area contributed by atoms with Crippen molar-refractivity contribution in [1.29, 1.82) is 0 Å². The summed E-state index contributed by atoms with van der Waals surface area (Å²) in [5, 5.41) is 7.90. The van der Waals surface area contributed by atoms with E-state index in [4.69, 9.17) is 0 Å². The van der Waals surface area contributed by atoms with Gasteiger partial charge in [-0.15, -0.1) is 0 Å². The molecule has 0 saturated heterocycles. The first-order valence-corrected chi connectivity index (χ1v) is 24.4. The van der Waals surface area contributed by atoms with Gasteiger partial charge in [-0.05, 0) is 136 Å². The number of anilines is 2. The van der Waals surface area contributed by atoms with Crippen molar-refractivity contribution in [2.45, 2.75) is 36.5 Å². The monoisotopic (exact) mass is 869 g/mol. The summed E-state index contributed by atoms with van der Waals surface area (Å²) in [7, 11) is 2.24. The lowest BCUT2D eigenvalue weighted by molar-refractivity contribution is 0.550. The standard InChI is InChI=1S/C42H33N.C25H18/c1-43(40-18-10-16-37-36-15-6-7-17-39(36)42(41(37)40)25-8-9-26-42)30-22-19-28(20-23-30)29-21-24-35-33-13-3-2-11-31(33)32-12-4-5-14-34(32)38(35)27-29;1-3-11-19(12-4-1)25(20-13-5-2-6-14-20)23-17-9-7-15-21(23)22-16-8-10-18-24(22)25/h2-7,10-24,27H,8-9,25-26H2,1H3;1-18H. The van der Waals surface area contributed by atoms with Crippen molar-refractivity contribution in [1.82, 2.24) is 0 Å². The molecular weight excluding hydrogens is 819 g/mol. The maximum absolute atomic E-state index is 2.41. The molecule has 68 heavy (non-hydrogen) atoms. The molecule has 1 nitrogen and oxygen atoms in total. The summed E-state index contributed by atoms with van der Waals surface area (Å²) in [6.45, 7) is 0. The topological polar surface area (TPSA) is 3.24 Å². The molecule has 3 aliphatic carbocycles. The lowest BCUT2D eigenvalue weighted by Crippen LogP contribution is -2.28. The molecule has 11 aromatic carbocycles. The fraction of sp³-hybridized carbons (Fsp3) is 0.104. The van der Waals surface area contributed by atoms with Gasteiger partial charge in [0.15, 0.2) is 0 Å². The number of benzene rings is 11. The molecule has 1 heteroatoms. The van der Waals surface area contributed by atoms with Gasteiger partial charge in [-0.3, -0.25) is 0 Å². The van der Waals surface area contributed by atoms with Gasteiger partial charge in [0, 0.05) is 23.8 Å². The van der Waals surface area contributed by atoms with Gasteiger partial charge >= 0.3 is 0 Å². The SMILES string of the molecule is CN(c1ccc(-c2ccc3c4ccccc4c4ccccc4c3c2)cc1)c1cccc2c1C1(CCCC1)c1ccccc1-2.c1ccc(C2(c3ccccc3)c3ccccc3-c3ccccc32)cc1. The first kappa shape index (κ1) is 40.3. The van der Waals surface area contributed by atoms with Crippen molar-refractivity contribution in [3.8, 4) is 33.4 Å². The maximum atomic E-state index is 2.41. The molecule has 3 aliphatic rings. The number of fused-ring (bicyclic) bond motifs is 14. The van der Waals surface area contributed by atoms with Gasteiger partial charge in [-0.2, -0.15) is 0 Å². The Morgan fingerprint density at radius 3 is 1.32 bits per heavy atom. The Bertz CT molecular complexity index is 3570. The third-order valence-electron chi connectivity index (χ3n) is 15.8. The van der Waals surface area contributed by atoms with E-state index in [2.05, 4.69) is 255 Å². The third-order valence-corrected chi connectivity index (χ3v) is 15.8. The molecule has 0 heterocycles. The molecule has 14 rings (SSSR count). The number of hydrogen-bond donors (Lipinski definition) is 0. The highest BCUT2D eigenvalue weighted by atomic mass is 15.1. The molecule has 0 aromatic heterocycles. The van der Waals surface area contributed by atoms with Crippen LogP contribution in [0.2, 0.25) is 0 Å². The Kier molecular flexibility index (Phi) is 9.54. The largest absolute Gasteiger partial charge is 0.344 e. The normalized spacial score (nSPS) is 14.5. The summed E-state index contributed by atoms with van der Waals surface area (Å²) < 4.78 is 0. The van der Waals surface area contributed by atoms with Gasteiger partial charge in [0.2, 0.25) is 0 Å². The molecular formula is C67H51N. The lowest BCUT2D eigenvalue weighted by Gasteiger charge is -2.33. The van der Waals surface area contributed by atoms with Gasteiger partial charge in [0.05, 0.1) is 5.41 Å². The van der Waals surface area contributed by atoms with Crippen LogP contribution in [-0.2, 0) is 10.8 Å². The predicted molar refractivity (Wildman–Crippen MR) is 287 cm³/mol. The van der Waals surface area contributed by atoms with Crippen LogP contribution in [0.15, 0.2) is 243 Å². The van der Waals surface area contributed by atoms with Crippen LogP contribution in [0.5, 0.6) is 0 Å². The minimum Gasteiger partial charge on any atom is -0.344 e. The zero-order chi connectivity index (χ0) is 45.2. The molecule has 1 spiro atoms. The first-order chi connectivity index (χ1) is 33.6. The molecule has 0 amide bonds. The highest BCUT2D eigenvalue weighted by Crippen LogP contribution is 2.60. The summed E-state index contributed by atoms with van der Waals surface area (Å²) >= 11 is 0. The first-order valence-electron chi connectivity index (χ1n) is 24.4. The fourth-order valence-electron chi connectivity index (χ4n) is 12.8. The van der Waals surface area contributed by atoms with Gasteiger partial charge in [0.25, 0.3) is 0 Å². The van der Waals surface area contributed by atoms with Crippen LogP contribution in [0.1, 0.15) is 59.1 Å². The smallest absolute Gasteiger partial charge is 0.0713 e. The molecule has 0 bridgehead atoms. The van der Waals surface area contributed by atoms with E-state index in [-0.39, 0.29) is 10.8 Å². The minimum absolute atomic E-state index is 0.148. The van der Waals surface area contributed by atoms with Crippen LogP contribution in [0.25, 0.3) is 65.7 Å². The second-order valence-electron chi connectivity index (χ2n) is 19.1. The highest BCUT2D eigenvalue weighted by molar-refractivity contribution is 6.25. The molecule has 0 aliphatic heterocycles. The van der Waals surface area contributed by atoms with E-state index in [9.17, 15) is 0 Å². The van der Waals surface area contributed by atoms with Crippen LogP contribution >= 0.6 is 0 Å². The van der Waals surface area contributed by atoms with E-state index < -0.39 is 0 Å². The summed E-state index contributed by atoms with van der Waals surface area (Å²) in [4.78, 5) is 2.41. The second-order valence-corrected chi connectivity index (χ2v) is 19.1. The van der Waals surface area contributed by atoms with Crippen molar-refractivity contribution in [3.05, 3.63) is 276 Å². The van der Waals surface area contributed by atoms with Gasteiger partial charge in [0.1, 0.15) is 0 Å². The lowest BCUT2D eigenvalue weighted by atomic mass is 9.68. The second kappa shape index (κ2) is 16.1. The average molecular weight is 870 g/mol. The Balaban J connectivity index is 0.000000155. The molecule has 11 aromatic rings. The molecule has 0 radical (unpaired) electrons. The molecule has 0 atom stereocenters. The van der Waals surface area contributed by atoms with E-state index in [1.165, 1.54) is 136 Å². The Morgan fingerprint density at radius 2 is 0.765 bits per heavy atom. The molecule has 1 fully saturated rings. The Labute approximate surface area is 399 Å². The van der Waals surface area contributed by atoms with Crippen molar-refractivity contribution < 1.29 is 0 Å². The summed E-state index contributed by atoms with van der Waals surface area (Å²) in [6.07, 6.45) is 5.09. The van der Waals surface area contributed by atoms with Crippen molar-refractivity contribution >= 4 is 43.7 Å². The summed E-state index contributed by atoms with van der Waals surface area (Å²) in [5.74, 6) is 0. The fourth-order valence-corrected chi connectivity index (χ4v) is 12.8. The van der Waals surface area contributed by atoms with E-state index in [0.29, 0.717) is 0 Å². The molecule has 324 valence electrons. The number of nitrogens with zero attached hydrogens (tertiary/aromatic N) is 1. The Morgan fingerprint density at radius 1 is 0.338 bits per heavy atom. The highest BCUT2D eigenvalue weighted by Gasteiger charge is 2.47. The van der Waals surface area contributed by atoms with E-state index >= 15 is 0 Å². The maximum Gasteiger partial charge on any atom is 0.0713 e. The van der Waals surface area contributed by atoms with Crippen molar-refractivity contribution in [2.75, 3.05) is 11.9 Å². The van der Waals surface area contributed by atoms with E-state index in [1.807, 2.05) is 0 Å². The molecule has 1 saturated carbocycles.